The Morgan fingerprint density at radius 3 is 2.17 bits per heavy atom. The fraction of sp³-hybridized carbons (Fsp3) is 1.00. The van der Waals surface area contributed by atoms with Crippen LogP contribution in [0.25, 0.3) is 0 Å². The summed E-state index contributed by atoms with van der Waals surface area (Å²) >= 11 is 0. The summed E-state index contributed by atoms with van der Waals surface area (Å²) in [5, 5.41) is 0. The number of rotatable bonds is 10. The summed E-state index contributed by atoms with van der Waals surface area (Å²) in [6.45, 7) is 3.15. The molecule has 1 rings (SSSR count). The first-order valence-corrected chi connectivity index (χ1v) is 8.02. The maximum Gasteiger partial charge on any atom is 0.167 e. The monoisotopic (exact) mass is 256 g/mol. The van der Waals surface area contributed by atoms with Crippen molar-refractivity contribution in [2.45, 2.75) is 89.8 Å². The second-order valence-electron chi connectivity index (χ2n) is 5.65. The molecule has 0 amide bonds. The van der Waals surface area contributed by atoms with Crippen LogP contribution in [0.4, 0.5) is 0 Å². The summed E-state index contributed by atoms with van der Waals surface area (Å²) in [5.74, 6) is -0.236. The van der Waals surface area contributed by atoms with Crippen LogP contribution in [0.15, 0.2) is 0 Å². The topological polar surface area (TPSA) is 18.5 Å². The smallest absolute Gasteiger partial charge is 0.167 e. The number of ether oxygens (including phenoxy) is 2. The van der Waals surface area contributed by atoms with Crippen LogP contribution in [-0.4, -0.2) is 19.5 Å². The van der Waals surface area contributed by atoms with E-state index in [1.807, 2.05) is 0 Å². The molecular formula is C16H32O2. The summed E-state index contributed by atoms with van der Waals surface area (Å²) in [4.78, 5) is 0. The van der Waals surface area contributed by atoms with Crippen LogP contribution in [-0.2, 0) is 9.47 Å². The zero-order valence-electron chi connectivity index (χ0n) is 12.5. The lowest BCUT2D eigenvalue weighted by molar-refractivity contribution is -0.246. The van der Waals surface area contributed by atoms with Gasteiger partial charge >= 0.3 is 0 Å². The average Bonchev–Trinajstić information content (AvgIpc) is 2.43. The van der Waals surface area contributed by atoms with Crippen LogP contribution in [0.5, 0.6) is 0 Å². The highest BCUT2D eigenvalue weighted by Crippen LogP contribution is 2.30. The first-order valence-electron chi connectivity index (χ1n) is 8.02. The fourth-order valence-corrected chi connectivity index (χ4v) is 2.82. The lowest BCUT2D eigenvalue weighted by Crippen LogP contribution is -2.38. The van der Waals surface area contributed by atoms with Crippen molar-refractivity contribution in [2.75, 3.05) is 13.7 Å². The maximum atomic E-state index is 5.85. The van der Waals surface area contributed by atoms with E-state index in [2.05, 4.69) is 6.92 Å². The van der Waals surface area contributed by atoms with Gasteiger partial charge < -0.3 is 9.47 Å². The van der Waals surface area contributed by atoms with E-state index in [0.717, 1.165) is 19.4 Å². The zero-order chi connectivity index (χ0) is 13.1. The molecule has 1 aliphatic rings. The fourth-order valence-electron chi connectivity index (χ4n) is 2.82. The minimum absolute atomic E-state index is 0.236. The Labute approximate surface area is 113 Å². The van der Waals surface area contributed by atoms with E-state index in [-0.39, 0.29) is 5.79 Å². The van der Waals surface area contributed by atoms with Gasteiger partial charge in [-0.2, -0.15) is 0 Å². The molecule has 0 saturated carbocycles. The molecule has 0 aliphatic carbocycles. The third-order valence-electron chi connectivity index (χ3n) is 4.10. The molecule has 0 bridgehead atoms. The van der Waals surface area contributed by atoms with Gasteiger partial charge in [0.1, 0.15) is 0 Å². The SMILES string of the molecule is CCCCCCCCCCC1(OC)CCCCO1. The third-order valence-corrected chi connectivity index (χ3v) is 4.10. The first-order chi connectivity index (χ1) is 8.83. The predicted octanol–water partition coefficient (Wildman–Crippen LogP) is 5.06. The third kappa shape index (κ3) is 6.19. The molecule has 2 heteroatoms. The molecule has 108 valence electrons. The molecule has 1 fully saturated rings. The van der Waals surface area contributed by atoms with Crippen LogP contribution >= 0.6 is 0 Å². The van der Waals surface area contributed by atoms with Crippen molar-refractivity contribution < 1.29 is 9.47 Å². The van der Waals surface area contributed by atoms with Crippen molar-refractivity contribution in [2.24, 2.45) is 0 Å². The molecule has 0 radical (unpaired) electrons. The Bertz CT molecular complexity index is 186. The van der Waals surface area contributed by atoms with Crippen molar-refractivity contribution in [3.8, 4) is 0 Å². The van der Waals surface area contributed by atoms with E-state index in [1.165, 1.54) is 64.2 Å². The molecule has 1 aliphatic heterocycles. The Morgan fingerprint density at radius 1 is 0.944 bits per heavy atom. The minimum Gasteiger partial charge on any atom is -0.353 e. The highest BCUT2D eigenvalue weighted by molar-refractivity contribution is 4.73. The van der Waals surface area contributed by atoms with E-state index in [9.17, 15) is 0 Å². The quantitative estimate of drug-likeness (QED) is 0.509. The predicted molar refractivity (Wildman–Crippen MR) is 76.8 cm³/mol. The molecule has 2 nitrogen and oxygen atoms in total. The van der Waals surface area contributed by atoms with Gasteiger partial charge in [0.2, 0.25) is 0 Å². The maximum absolute atomic E-state index is 5.85. The van der Waals surface area contributed by atoms with Crippen molar-refractivity contribution in [1.82, 2.24) is 0 Å². The van der Waals surface area contributed by atoms with Gasteiger partial charge in [0.15, 0.2) is 5.79 Å². The molecule has 18 heavy (non-hydrogen) atoms. The molecular weight excluding hydrogens is 224 g/mol. The van der Waals surface area contributed by atoms with Crippen molar-refractivity contribution in [3.05, 3.63) is 0 Å². The highest BCUT2D eigenvalue weighted by Gasteiger charge is 2.32. The number of hydrogen-bond donors (Lipinski definition) is 0. The van der Waals surface area contributed by atoms with Crippen LogP contribution < -0.4 is 0 Å². The number of methoxy groups -OCH3 is 1. The number of hydrogen-bond acceptors (Lipinski definition) is 2. The Kier molecular flexibility index (Phi) is 8.70. The van der Waals surface area contributed by atoms with Crippen LogP contribution in [0.3, 0.4) is 0 Å². The molecule has 0 N–H and O–H groups in total. The van der Waals surface area contributed by atoms with Gasteiger partial charge in [-0.15, -0.1) is 0 Å². The molecule has 0 aromatic rings. The summed E-state index contributed by atoms with van der Waals surface area (Å²) in [7, 11) is 1.80. The molecule has 1 unspecified atom stereocenters. The second-order valence-corrected chi connectivity index (χ2v) is 5.65. The van der Waals surface area contributed by atoms with Crippen LogP contribution in [0, 0.1) is 0 Å². The minimum atomic E-state index is -0.236. The number of unbranched alkanes of at least 4 members (excludes halogenated alkanes) is 7. The van der Waals surface area contributed by atoms with E-state index >= 15 is 0 Å². The molecule has 0 aromatic heterocycles. The first kappa shape index (κ1) is 16.0. The molecule has 1 saturated heterocycles. The van der Waals surface area contributed by atoms with E-state index in [0.29, 0.717) is 0 Å². The molecule has 0 aromatic carbocycles. The largest absolute Gasteiger partial charge is 0.353 e. The van der Waals surface area contributed by atoms with Crippen molar-refractivity contribution in [3.63, 3.8) is 0 Å². The lowest BCUT2D eigenvalue weighted by atomic mass is 9.98. The Hall–Kier alpha value is -0.0800. The average molecular weight is 256 g/mol. The van der Waals surface area contributed by atoms with E-state index < -0.39 is 0 Å². The van der Waals surface area contributed by atoms with Gasteiger partial charge in [-0.05, 0) is 19.3 Å². The zero-order valence-corrected chi connectivity index (χ0v) is 12.5. The Balaban J connectivity index is 1.98. The summed E-state index contributed by atoms with van der Waals surface area (Å²) < 4.78 is 11.5. The second kappa shape index (κ2) is 9.80. The van der Waals surface area contributed by atoms with Crippen molar-refractivity contribution >= 4 is 0 Å². The van der Waals surface area contributed by atoms with Gasteiger partial charge in [0.25, 0.3) is 0 Å². The summed E-state index contributed by atoms with van der Waals surface area (Å²) in [6.07, 6.45) is 15.6. The van der Waals surface area contributed by atoms with E-state index in [1.54, 1.807) is 7.11 Å². The van der Waals surface area contributed by atoms with Gasteiger partial charge in [-0.1, -0.05) is 51.9 Å². The van der Waals surface area contributed by atoms with Crippen LogP contribution in [0.2, 0.25) is 0 Å². The normalized spacial score (nSPS) is 24.3. The molecule has 1 atom stereocenters. The van der Waals surface area contributed by atoms with Gasteiger partial charge in [0, 0.05) is 20.0 Å². The van der Waals surface area contributed by atoms with Crippen LogP contribution in [0.1, 0.15) is 84.0 Å². The summed E-state index contributed by atoms with van der Waals surface area (Å²) in [5.41, 5.74) is 0. The van der Waals surface area contributed by atoms with Gasteiger partial charge in [-0.3, -0.25) is 0 Å². The van der Waals surface area contributed by atoms with Crippen molar-refractivity contribution in [1.29, 1.82) is 0 Å². The van der Waals surface area contributed by atoms with Gasteiger partial charge in [-0.25, -0.2) is 0 Å². The molecule has 0 spiro atoms. The molecule has 1 heterocycles. The Morgan fingerprint density at radius 2 is 1.61 bits per heavy atom. The summed E-state index contributed by atoms with van der Waals surface area (Å²) in [6, 6.07) is 0. The standard InChI is InChI=1S/C16H32O2/c1-3-4-5-6-7-8-9-10-13-16(17-2)14-11-12-15-18-16/h3-15H2,1-2H3. The lowest BCUT2D eigenvalue weighted by Gasteiger charge is -2.36. The van der Waals surface area contributed by atoms with E-state index in [4.69, 9.17) is 9.47 Å². The highest BCUT2D eigenvalue weighted by atomic mass is 16.7. The van der Waals surface area contributed by atoms with Gasteiger partial charge in [0.05, 0.1) is 6.61 Å².